The van der Waals surface area contributed by atoms with Crippen molar-refractivity contribution in [1.29, 1.82) is 5.41 Å². The molecule has 129 heavy (non-hydrogen) atoms. The van der Waals surface area contributed by atoms with E-state index in [1.807, 2.05) is 0 Å². The fourth-order valence-corrected chi connectivity index (χ4v) is 13.3. The number of aromatic amines is 1. The molecule has 714 valence electrons. The number of guanidine groups is 1. The maximum Gasteiger partial charge on any atom is 0.326 e. The number of nitrogens with two attached hydrogens (primary N) is 4. The third-order valence-corrected chi connectivity index (χ3v) is 20.6. The van der Waals surface area contributed by atoms with Crippen LogP contribution < -0.4 is 103 Å². The summed E-state index contributed by atoms with van der Waals surface area (Å²) < 4.78 is 0. The minimum atomic E-state index is -2.10. The summed E-state index contributed by atoms with van der Waals surface area (Å²) in [6, 6.07) is -9.98. The number of benzene rings is 2. The second-order valence-electron chi connectivity index (χ2n) is 32.5. The predicted octanol–water partition coefficient (Wildman–Crippen LogP) is -7.77. The molecule has 1 aliphatic heterocycles. The molecule has 16 amide bonds. The highest BCUT2D eigenvalue weighted by molar-refractivity contribution is 6.01. The molecule has 47 nitrogen and oxygen atoms in total. The highest BCUT2D eigenvalue weighted by atomic mass is 16.4. The van der Waals surface area contributed by atoms with Crippen LogP contribution in [-0.4, -0.2) is 294 Å². The zero-order valence-electron chi connectivity index (χ0n) is 73.6. The molecule has 31 N–H and O–H groups in total. The van der Waals surface area contributed by atoms with Gasteiger partial charge >= 0.3 is 11.9 Å². The van der Waals surface area contributed by atoms with Gasteiger partial charge in [-0.2, -0.15) is 0 Å². The Bertz CT molecular complexity index is 4310. The predicted molar refractivity (Wildman–Crippen MR) is 461 cm³/mol. The lowest BCUT2D eigenvalue weighted by atomic mass is 10.0. The highest BCUT2D eigenvalue weighted by Gasteiger charge is 2.43. The van der Waals surface area contributed by atoms with E-state index < -0.39 is 266 Å². The number of nitrogens with zero attached hydrogens (tertiary/aromatic N) is 2. The normalized spacial score (nSPS) is 16.1. The molecule has 1 aliphatic rings. The van der Waals surface area contributed by atoms with E-state index in [0.717, 1.165) is 6.92 Å². The molecule has 0 saturated carbocycles. The third-order valence-electron chi connectivity index (χ3n) is 20.6. The topological polar surface area (TPSA) is 769 Å². The number of H-pyrrole nitrogens is 1. The maximum atomic E-state index is 14.8. The first-order chi connectivity index (χ1) is 60.7. The molecule has 0 bridgehead atoms. The fourth-order valence-electron chi connectivity index (χ4n) is 13.3. The monoisotopic (exact) mass is 1820 g/mol. The molecule has 0 radical (unpaired) electrons. The Morgan fingerprint density at radius 3 is 1.57 bits per heavy atom. The summed E-state index contributed by atoms with van der Waals surface area (Å²) in [5, 5.41) is 106. The van der Waals surface area contributed by atoms with Gasteiger partial charge in [-0.25, -0.2) is 9.78 Å². The average molecular weight is 1820 g/mol. The number of hydrogen-bond acceptors (Lipinski definition) is 26. The summed E-state index contributed by atoms with van der Waals surface area (Å²) >= 11 is 0. The number of rotatable bonds is 56. The van der Waals surface area contributed by atoms with Crippen LogP contribution in [0.3, 0.4) is 0 Å². The molecular weight excluding hydrogens is 1690 g/mol. The molecule has 1 aromatic heterocycles. The van der Waals surface area contributed by atoms with Crippen LogP contribution in [-0.2, 0) is 106 Å². The van der Waals surface area contributed by atoms with Gasteiger partial charge in [-0.3, -0.25) is 86.9 Å². The van der Waals surface area contributed by atoms with Crippen LogP contribution >= 0.6 is 0 Å². The molecule has 4 rings (SSSR count). The SMILES string of the molecule is CC(C)C[C@H](NC(=O)[C@H](CCCNC(=N)N)NC(=O)[C@@H](NC(=O)[C@H](CC(=O)O)NC(=O)[C@@H](NC(=O)[C@H](Cc1c[nH]cn1)NC(=O)[C@H](CCCCN)NC(=O)[C@H](Cc1ccccc1)NC(=O)[C@H](CO)NC(=O)CNC(=O)[C@H](Cc1ccc(O)cc1)NC(=O)[C@@H]1CCCN1C(=O)[C@@H](NC(=O)[C@H](C)NC(=O)[C@@H](N)[C@@H](C)O)C(C)C)C(C)C)[C@@H](C)O)C(=O)N[C@@H](CCC(N)=O)C(=O)O. The molecule has 0 spiro atoms. The number of unbranched alkanes of at least 4 members (excludes halogenated alkanes) is 1. The number of likely N-dealkylation sites (tertiary alicyclic amines) is 1. The Hall–Kier alpha value is -13.0. The lowest BCUT2D eigenvalue weighted by Gasteiger charge is -2.32. The summed E-state index contributed by atoms with van der Waals surface area (Å²) in [5.41, 5.74) is 23.2. The number of hydrogen-bond donors (Lipinski definition) is 27. The van der Waals surface area contributed by atoms with Gasteiger partial charge in [0, 0.05) is 45.0 Å². The number of aliphatic hydroxyl groups is 3. The van der Waals surface area contributed by atoms with Crippen molar-refractivity contribution < 1.29 is 117 Å². The minimum Gasteiger partial charge on any atom is -0.508 e. The molecule has 1 saturated heterocycles. The molecule has 1 fully saturated rings. The van der Waals surface area contributed by atoms with Gasteiger partial charge in [-0.15, -0.1) is 0 Å². The lowest BCUT2D eigenvalue weighted by Crippen LogP contribution is -2.62. The Labute approximate surface area is 744 Å². The fraction of sp³-hybridized carbons (Fsp3) is 0.585. The van der Waals surface area contributed by atoms with Crippen LogP contribution in [0.4, 0.5) is 0 Å². The molecule has 0 aliphatic carbocycles. The number of aliphatic carboxylic acids is 2. The summed E-state index contributed by atoms with van der Waals surface area (Å²) in [4.78, 5) is 256. The van der Waals surface area contributed by atoms with Crippen molar-refractivity contribution in [3.63, 3.8) is 0 Å². The Morgan fingerprint density at radius 2 is 1.02 bits per heavy atom. The second kappa shape index (κ2) is 54.2. The van der Waals surface area contributed by atoms with Crippen molar-refractivity contribution in [2.45, 2.75) is 255 Å². The van der Waals surface area contributed by atoms with Gasteiger partial charge in [-0.05, 0) is 126 Å². The highest BCUT2D eigenvalue weighted by Crippen LogP contribution is 2.23. The smallest absolute Gasteiger partial charge is 0.326 e. The van der Waals surface area contributed by atoms with Gasteiger partial charge in [-0.1, -0.05) is 84.0 Å². The lowest BCUT2D eigenvalue weighted by molar-refractivity contribution is -0.143. The first-order valence-electron chi connectivity index (χ1n) is 42.3. The quantitative estimate of drug-likeness (QED) is 0.0142. The number of amides is 16. The first-order valence-corrected chi connectivity index (χ1v) is 42.3. The molecular formula is C82H127N23O24. The van der Waals surface area contributed by atoms with Crippen LogP contribution in [0.1, 0.15) is 150 Å². The van der Waals surface area contributed by atoms with E-state index in [0.29, 0.717) is 24.0 Å². The largest absolute Gasteiger partial charge is 0.508 e. The van der Waals surface area contributed by atoms with E-state index >= 15 is 0 Å². The standard InChI is InChI=1S/C82H127N23O24/c1-40(2)31-53(71(118)96-52(81(128)129)26-27-60(84)110)97-70(117)51(20-15-29-89-82(86)87)95-79(126)66(45(9)108)104-74(121)57(35-62(112)113)101-78(125)64(41(3)4)102-73(120)56(34-48-36-88-39-91-48)99-69(116)50(19-13-14-28-83)94-72(119)55(32-46-17-11-10-12-18-46)98-75(122)58(38-106)93-61(111)37-90-68(115)54(33-47-22-24-49(109)25-23-47)100-76(123)59-21-16-30-105(59)80(127)65(42(5)6)103-67(114)43(7)92-77(124)63(85)44(8)107/h10-12,17-18,22-25,36,39-45,50-59,63-66,106-109H,13-16,19-21,26-35,37-38,83,85H2,1-9H3,(H2,84,110)(H,88,91)(H,90,115)(H,92,124)(H,93,111)(H,94,119)(H,95,126)(H,96,118)(H,97,117)(H,98,122)(H,99,116)(H,100,123)(H,101,125)(H,102,120)(H,103,114)(H,104,121)(H,112,113)(H,128,129)(H4,86,87,89)/t43-,44+,45+,50-,51-,52-,53-,54-,55-,56-,57-,58-,59-,63-,64-,65-,66-/m0/s1. The summed E-state index contributed by atoms with van der Waals surface area (Å²) in [6.45, 7) is 11.3. The second-order valence-corrected chi connectivity index (χ2v) is 32.5. The number of carboxylic acid groups (broad SMARTS) is 2. The van der Waals surface area contributed by atoms with Crippen molar-refractivity contribution in [1.82, 2.24) is 94.6 Å². The zero-order chi connectivity index (χ0) is 96.6. The number of nitrogens with one attached hydrogen (secondary N) is 17. The number of carbonyl (C=O) groups excluding carboxylic acids is 16. The number of imidazole rings is 1. The van der Waals surface area contributed by atoms with Crippen molar-refractivity contribution in [3.8, 4) is 5.75 Å². The number of phenols is 1. The van der Waals surface area contributed by atoms with E-state index in [1.54, 1.807) is 58.0 Å². The van der Waals surface area contributed by atoms with E-state index in [-0.39, 0.29) is 88.4 Å². The van der Waals surface area contributed by atoms with Crippen molar-refractivity contribution in [2.75, 3.05) is 32.8 Å². The number of phenolic OH excluding ortho intramolecular Hbond substituents is 1. The first kappa shape index (κ1) is 108. The van der Waals surface area contributed by atoms with Gasteiger partial charge in [0.2, 0.25) is 94.5 Å². The van der Waals surface area contributed by atoms with Crippen LogP contribution in [0.2, 0.25) is 0 Å². The van der Waals surface area contributed by atoms with Gasteiger partial charge in [0.25, 0.3) is 0 Å². The molecule has 2 heterocycles. The molecule has 3 aromatic rings. The minimum absolute atomic E-state index is 0.00947. The number of aromatic hydroxyl groups is 1. The van der Waals surface area contributed by atoms with E-state index in [2.05, 4.69) is 89.7 Å². The molecule has 47 heteroatoms. The number of aromatic nitrogens is 2. The molecule has 0 unspecified atom stereocenters. The van der Waals surface area contributed by atoms with Gasteiger partial charge in [0.15, 0.2) is 5.96 Å². The summed E-state index contributed by atoms with van der Waals surface area (Å²) in [6.07, 6.45) is -3.06. The Kier molecular flexibility index (Phi) is 45.5. The summed E-state index contributed by atoms with van der Waals surface area (Å²) in [7, 11) is 0. The molecule has 17 atom stereocenters. The van der Waals surface area contributed by atoms with Crippen molar-refractivity contribution in [3.05, 3.63) is 83.9 Å². The van der Waals surface area contributed by atoms with E-state index in [4.69, 9.17) is 28.3 Å². The number of carboxylic acids is 2. The third kappa shape index (κ3) is 37.4. The Morgan fingerprint density at radius 1 is 0.519 bits per heavy atom. The molecule has 2 aromatic carbocycles. The van der Waals surface area contributed by atoms with Crippen LogP contribution in [0, 0.1) is 23.2 Å². The summed E-state index contributed by atoms with van der Waals surface area (Å²) in [5.74, 6) is -21.7. The maximum absolute atomic E-state index is 14.8. The Balaban J connectivity index is 1.57. The van der Waals surface area contributed by atoms with E-state index in [9.17, 15) is 117 Å². The van der Waals surface area contributed by atoms with Crippen molar-refractivity contribution >= 4 is 112 Å². The van der Waals surface area contributed by atoms with Crippen LogP contribution in [0.5, 0.6) is 5.75 Å². The van der Waals surface area contributed by atoms with Crippen LogP contribution in [0.15, 0.2) is 67.1 Å². The van der Waals surface area contributed by atoms with Crippen LogP contribution in [0.25, 0.3) is 0 Å². The number of aliphatic hydroxyl groups excluding tert-OH is 3. The van der Waals surface area contributed by atoms with Gasteiger partial charge in [0.05, 0.1) is 43.8 Å². The van der Waals surface area contributed by atoms with E-state index in [1.165, 1.54) is 69.4 Å². The zero-order valence-corrected chi connectivity index (χ0v) is 73.6. The van der Waals surface area contributed by atoms with Gasteiger partial charge in [0.1, 0.15) is 96.4 Å². The van der Waals surface area contributed by atoms with Gasteiger partial charge < -0.3 is 143 Å². The average Bonchev–Trinajstić information content (AvgIpc) is 1.61. The number of primary amides is 1. The number of carbonyl (C=O) groups is 18. The van der Waals surface area contributed by atoms with Crippen molar-refractivity contribution in [2.24, 2.45) is 40.7 Å².